The molecule has 0 bridgehead atoms. The SMILES string of the molecule is CCc1cc2oc(C)cc2s1. The Bertz CT molecular complexity index is 338. The molecule has 11 heavy (non-hydrogen) atoms. The van der Waals surface area contributed by atoms with Gasteiger partial charge in [-0.05, 0) is 25.5 Å². The number of fused-ring (bicyclic) bond motifs is 1. The minimum atomic E-state index is 1.01. The van der Waals surface area contributed by atoms with E-state index in [4.69, 9.17) is 4.42 Å². The summed E-state index contributed by atoms with van der Waals surface area (Å²) in [7, 11) is 0. The third-order valence-electron chi connectivity index (χ3n) is 1.73. The van der Waals surface area contributed by atoms with E-state index in [1.165, 1.54) is 9.58 Å². The number of thiophene rings is 1. The zero-order valence-corrected chi connectivity index (χ0v) is 7.49. The number of aryl methyl sites for hydroxylation is 2. The van der Waals surface area contributed by atoms with Crippen molar-refractivity contribution < 1.29 is 4.42 Å². The van der Waals surface area contributed by atoms with Crippen LogP contribution >= 0.6 is 11.3 Å². The van der Waals surface area contributed by atoms with Crippen LogP contribution in [0.4, 0.5) is 0 Å². The first-order valence-electron chi connectivity index (χ1n) is 3.78. The summed E-state index contributed by atoms with van der Waals surface area (Å²) in [6.45, 7) is 4.15. The van der Waals surface area contributed by atoms with E-state index in [0.29, 0.717) is 0 Å². The highest BCUT2D eigenvalue weighted by Crippen LogP contribution is 2.28. The zero-order chi connectivity index (χ0) is 7.84. The van der Waals surface area contributed by atoms with Crippen molar-refractivity contribution in [3.8, 4) is 0 Å². The molecular formula is C9H10OS. The van der Waals surface area contributed by atoms with Gasteiger partial charge in [-0.2, -0.15) is 0 Å². The second-order valence-electron chi connectivity index (χ2n) is 2.65. The maximum Gasteiger partial charge on any atom is 0.145 e. The molecule has 0 radical (unpaired) electrons. The highest BCUT2D eigenvalue weighted by Gasteiger charge is 2.03. The first kappa shape index (κ1) is 6.92. The molecule has 0 atom stereocenters. The maximum absolute atomic E-state index is 5.46. The normalized spacial score (nSPS) is 11.1. The van der Waals surface area contributed by atoms with Crippen molar-refractivity contribution in [2.45, 2.75) is 20.3 Å². The van der Waals surface area contributed by atoms with E-state index in [1.807, 2.05) is 18.3 Å². The fourth-order valence-electron chi connectivity index (χ4n) is 1.18. The molecule has 2 aromatic heterocycles. The van der Waals surface area contributed by atoms with Crippen molar-refractivity contribution in [2.24, 2.45) is 0 Å². The van der Waals surface area contributed by atoms with E-state index in [1.54, 1.807) is 0 Å². The van der Waals surface area contributed by atoms with Gasteiger partial charge in [0.1, 0.15) is 11.3 Å². The van der Waals surface area contributed by atoms with E-state index in [9.17, 15) is 0 Å². The van der Waals surface area contributed by atoms with Gasteiger partial charge in [0.2, 0.25) is 0 Å². The van der Waals surface area contributed by atoms with Gasteiger partial charge in [-0.3, -0.25) is 0 Å². The molecular weight excluding hydrogens is 156 g/mol. The Labute approximate surface area is 69.6 Å². The smallest absolute Gasteiger partial charge is 0.145 e. The van der Waals surface area contributed by atoms with Crippen LogP contribution in [0.25, 0.3) is 10.3 Å². The van der Waals surface area contributed by atoms with Crippen LogP contribution in [0.2, 0.25) is 0 Å². The Morgan fingerprint density at radius 1 is 1.45 bits per heavy atom. The Morgan fingerprint density at radius 3 is 2.91 bits per heavy atom. The first-order valence-corrected chi connectivity index (χ1v) is 4.60. The number of rotatable bonds is 1. The lowest BCUT2D eigenvalue weighted by Crippen LogP contribution is -1.65. The van der Waals surface area contributed by atoms with E-state index in [2.05, 4.69) is 19.1 Å². The summed E-state index contributed by atoms with van der Waals surface area (Å²) in [6.07, 6.45) is 1.11. The molecule has 2 rings (SSSR count). The second kappa shape index (κ2) is 2.38. The number of furan rings is 1. The Balaban J connectivity index is 2.64. The van der Waals surface area contributed by atoms with Crippen LogP contribution in [0.1, 0.15) is 17.6 Å². The molecule has 0 spiro atoms. The number of hydrogen-bond acceptors (Lipinski definition) is 2. The van der Waals surface area contributed by atoms with Gasteiger partial charge in [-0.25, -0.2) is 0 Å². The minimum Gasteiger partial charge on any atom is -0.460 e. The van der Waals surface area contributed by atoms with Crippen LogP contribution in [0, 0.1) is 6.92 Å². The summed E-state index contributed by atoms with van der Waals surface area (Å²) in [5.41, 5.74) is 1.05. The van der Waals surface area contributed by atoms with Crippen LogP contribution in [-0.4, -0.2) is 0 Å². The summed E-state index contributed by atoms with van der Waals surface area (Å²) < 4.78 is 6.74. The molecule has 0 saturated carbocycles. The van der Waals surface area contributed by atoms with Gasteiger partial charge in [0, 0.05) is 4.88 Å². The summed E-state index contributed by atoms with van der Waals surface area (Å²) in [5, 5.41) is 0. The predicted octanol–water partition coefficient (Wildman–Crippen LogP) is 3.37. The lowest BCUT2D eigenvalue weighted by molar-refractivity contribution is 0.579. The lowest BCUT2D eigenvalue weighted by Gasteiger charge is -1.82. The highest BCUT2D eigenvalue weighted by molar-refractivity contribution is 7.19. The van der Waals surface area contributed by atoms with E-state index < -0.39 is 0 Å². The molecule has 2 heterocycles. The van der Waals surface area contributed by atoms with E-state index in [-0.39, 0.29) is 0 Å². The van der Waals surface area contributed by atoms with Gasteiger partial charge >= 0.3 is 0 Å². The van der Waals surface area contributed by atoms with E-state index >= 15 is 0 Å². The van der Waals surface area contributed by atoms with Crippen molar-refractivity contribution in [3.63, 3.8) is 0 Å². The van der Waals surface area contributed by atoms with Crippen LogP contribution in [0.15, 0.2) is 16.5 Å². The molecule has 2 aromatic rings. The standard InChI is InChI=1S/C9H10OS/c1-3-7-5-8-9(11-7)4-6(2)10-8/h4-5H,3H2,1-2H3. The molecule has 0 aliphatic carbocycles. The molecule has 2 heteroatoms. The van der Waals surface area contributed by atoms with Crippen LogP contribution < -0.4 is 0 Å². The Hall–Kier alpha value is -0.760. The highest BCUT2D eigenvalue weighted by atomic mass is 32.1. The molecule has 0 aliphatic rings. The summed E-state index contributed by atoms with van der Waals surface area (Å²) >= 11 is 1.82. The van der Waals surface area contributed by atoms with Crippen molar-refractivity contribution in [1.29, 1.82) is 0 Å². The monoisotopic (exact) mass is 166 g/mol. The van der Waals surface area contributed by atoms with Gasteiger partial charge in [-0.15, -0.1) is 11.3 Å². The quantitative estimate of drug-likeness (QED) is 0.633. The van der Waals surface area contributed by atoms with Crippen LogP contribution in [0.5, 0.6) is 0 Å². The molecule has 0 amide bonds. The summed E-state index contributed by atoms with van der Waals surface area (Å²) in [5.74, 6) is 1.01. The fraction of sp³-hybridized carbons (Fsp3) is 0.333. The summed E-state index contributed by atoms with van der Waals surface area (Å²) in [6, 6.07) is 4.23. The largest absolute Gasteiger partial charge is 0.460 e. The summed E-state index contributed by atoms with van der Waals surface area (Å²) in [4.78, 5) is 1.40. The third-order valence-corrected chi connectivity index (χ3v) is 2.94. The van der Waals surface area contributed by atoms with E-state index in [0.717, 1.165) is 17.8 Å². The second-order valence-corrected chi connectivity index (χ2v) is 3.82. The lowest BCUT2D eigenvalue weighted by atomic mass is 10.4. The molecule has 58 valence electrons. The average Bonchev–Trinajstić information content (AvgIpc) is 2.43. The molecule has 0 N–H and O–H groups in total. The molecule has 0 saturated heterocycles. The predicted molar refractivity (Wildman–Crippen MR) is 48.2 cm³/mol. The first-order chi connectivity index (χ1) is 5.29. The van der Waals surface area contributed by atoms with Gasteiger partial charge < -0.3 is 4.42 Å². The molecule has 0 fully saturated rings. The van der Waals surface area contributed by atoms with Crippen molar-refractivity contribution in [1.82, 2.24) is 0 Å². The molecule has 0 unspecified atom stereocenters. The fourth-order valence-corrected chi connectivity index (χ4v) is 2.20. The zero-order valence-electron chi connectivity index (χ0n) is 6.68. The number of hydrogen-bond donors (Lipinski definition) is 0. The topological polar surface area (TPSA) is 13.1 Å². The van der Waals surface area contributed by atoms with Crippen LogP contribution in [0.3, 0.4) is 0 Å². The molecule has 0 aliphatic heterocycles. The van der Waals surface area contributed by atoms with Gasteiger partial charge in [0.15, 0.2) is 0 Å². The van der Waals surface area contributed by atoms with Gasteiger partial charge in [-0.1, -0.05) is 6.92 Å². The maximum atomic E-state index is 5.46. The van der Waals surface area contributed by atoms with Crippen molar-refractivity contribution >= 4 is 21.6 Å². The average molecular weight is 166 g/mol. The minimum absolute atomic E-state index is 1.01. The van der Waals surface area contributed by atoms with Crippen LogP contribution in [-0.2, 0) is 6.42 Å². The van der Waals surface area contributed by atoms with Crippen molar-refractivity contribution in [3.05, 3.63) is 22.8 Å². The van der Waals surface area contributed by atoms with Crippen molar-refractivity contribution in [2.75, 3.05) is 0 Å². The third kappa shape index (κ3) is 1.07. The molecule has 1 nitrogen and oxygen atoms in total. The Morgan fingerprint density at radius 2 is 2.27 bits per heavy atom. The van der Waals surface area contributed by atoms with Gasteiger partial charge in [0.25, 0.3) is 0 Å². The van der Waals surface area contributed by atoms with Gasteiger partial charge in [0.05, 0.1) is 4.70 Å². The molecule has 0 aromatic carbocycles. The Kier molecular flexibility index (Phi) is 1.50.